The summed E-state index contributed by atoms with van der Waals surface area (Å²) >= 11 is 0. The molecule has 1 aromatic carbocycles. The molecule has 2 fully saturated rings. The summed E-state index contributed by atoms with van der Waals surface area (Å²) in [5, 5.41) is 3.67. The first-order valence-electron chi connectivity index (χ1n) is 9.56. The average Bonchev–Trinajstić information content (AvgIpc) is 3.12. The highest BCUT2D eigenvalue weighted by molar-refractivity contribution is 5.35. The standard InChI is InChI=1S/C21H28N4/c1-2-7-18(8-3-1)17-24-13-15-25(16-14-24)20-10-6-9-19(20)23-21-11-4-5-12-22-21/h1-5,7-8,11-12,19-20H,6,9-10,13-17H2,(H,22,23). The monoisotopic (exact) mass is 336 g/mol. The molecule has 4 heteroatoms. The van der Waals surface area contributed by atoms with Crippen LogP contribution in [0.4, 0.5) is 5.82 Å². The molecule has 4 rings (SSSR count). The summed E-state index contributed by atoms with van der Waals surface area (Å²) in [4.78, 5) is 9.73. The van der Waals surface area contributed by atoms with Gasteiger partial charge in [-0.1, -0.05) is 36.4 Å². The van der Waals surface area contributed by atoms with Gasteiger partial charge >= 0.3 is 0 Å². The number of piperazine rings is 1. The molecule has 2 unspecified atom stereocenters. The van der Waals surface area contributed by atoms with Gasteiger partial charge in [-0.05, 0) is 37.0 Å². The normalized spacial score (nSPS) is 25.1. The van der Waals surface area contributed by atoms with Crippen LogP contribution in [0.25, 0.3) is 0 Å². The smallest absolute Gasteiger partial charge is 0.126 e. The van der Waals surface area contributed by atoms with E-state index in [1.54, 1.807) is 0 Å². The summed E-state index contributed by atoms with van der Waals surface area (Å²) in [7, 11) is 0. The van der Waals surface area contributed by atoms with Gasteiger partial charge < -0.3 is 5.32 Å². The molecule has 1 N–H and O–H groups in total. The number of nitrogens with one attached hydrogen (secondary N) is 1. The number of anilines is 1. The Hall–Kier alpha value is -1.91. The fraction of sp³-hybridized carbons (Fsp3) is 0.476. The van der Waals surface area contributed by atoms with Gasteiger partial charge in [0.05, 0.1) is 0 Å². The molecule has 2 atom stereocenters. The van der Waals surface area contributed by atoms with Gasteiger partial charge in [-0.25, -0.2) is 4.98 Å². The van der Waals surface area contributed by atoms with E-state index in [9.17, 15) is 0 Å². The number of nitrogens with zero attached hydrogens (tertiary/aromatic N) is 3. The lowest BCUT2D eigenvalue weighted by Gasteiger charge is -2.40. The first-order chi connectivity index (χ1) is 12.4. The van der Waals surface area contributed by atoms with Gasteiger partial charge in [-0.2, -0.15) is 0 Å². The van der Waals surface area contributed by atoms with Gasteiger partial charge in [-0.15, -0.1) is 0 Å². The summed E-state index contributed by atoms with van der Waals surface area (Å²) in [6.07, 6.45) is 5.75. The molecule has 0 bridgehead atoms. The third kappa shape index (κ3) is 4.20. The first-order valence-corrected chi connectivity index (χ1v) is 9.56. The minimum atomic E-state index is 0.538. The zero-order valence-corrected chi connectivity index (χ0v) is 14.8. The maximum Gasteiger partial charge on any atom is 0.126 e. The Morgan fingerprint density at radius 2 is 1.72 bits per heavy atom. The van der Waals surface area contributed by atoms with E-state index in [0.717, 1.165) is 12.4 Å². The predicted octanol–water partition coefficient (Wildman–Crippen LogP) is 3.23. The average molecular weight is 336 g/mol. The topological polar surface area (TPSA) is 31.4 Å². The second-order valence-electron chi connectivity index (χ2n) is 7.26. The lowest BCUT2D eigenvalue weighted by molar-refractivity contribution is 0.0901. The Labute approximate surface area is 150 Å². The molecular formula is C21H28N4. The Morgan fingerprint density at radius 1 is 0.920 bits per heavy atom. The van der Waals surface area contributed by atoms with E-state index in [0.29, 0.717) is 12.1 Å². The van der Waals surface area contributed by atoms with Crippen molar-refractivity contribution in [2.45, 2.75) is 37.9 Å². The molecule has 25 heavy (non-hydrogen) atoms. The van der Waals surface area contributed by atoms with Crippen LogP contribution in [0.5, 0.6) is 0 Å². The fourth-order valence-corrected chi connectivity index (χ4v) is 4.28. The van der Waals surface area contributed by atoms with E-state index in [1.165, 1.54) is 51.0 Å². The van der Waals surface area contributed by atoms with Crippen molar-refractivity contribution in [1.82, 2.24) is 14.8 Å². The van der Waals surface area contributed by atoms with E-state index in [1.807, 2.05) is 12.3 Å². The van der Waals surface area contributed by atoms with E-state index in [2.05, 4.69) is 62.6 Å². The molecule has 1 aromatic heterocycles. The van der Waals surface area contributed by atoms with Gasteiger partial charge in [0.1, 0.15) is 5.82 Å². The highest BCUT2D eigenvalue weighted by Gasteiger charge is 2.33. The molecule has 0 spiro atoms. The Bertz CT molecular complexity index is 637. The van der Waals surface area contributed by atoms with Crippen LogP contribution >= 0.6 is 0 Å². The lowest BCUT2D eigenvalue weighted by atomic mass is 10.1. The SMILES string of the molecule is c1ccc(CN2CCN(C3CCCC3Nc3ccccn3)CC2)cc1. The zero-order valence-electron chi connectivity index (χ0n) is 14.8. The van der Waals surface area contributed by atoms with E-state index in [-0.39, 0.29) is 0 Å². The summed E-state index contributed by atoms with van der Waals surface area (Å²) in [6.45, 7) is 5.77. The second-order valence-corrected chi connectivity index (χ2v) is 7.26. The molecule has 0 radical (unpaired) electrons. The quantitative estimate of drug-likeness (QED) is 0.908. The van der Waals surface area contributed by atoms with Crippen LogP contribution in [-0.2, 0) is 6.54 Å². The molecule has 132 valence electrons. The van der Waals surface area contributed by atoms with Crippen molar-refractivity contribution in [2.75, 3.05) is 31.5 Å². The van der Waals surface area contributed by atoms with Crippen LogP contribution in [0.3, 0.4) is 0 Å². The van der Waals surface area contributed by atoms with Crippen molar-refractivity contribution in [2.24, 2.45) is 0 Å². The van der Waals surface area contributed by atoms with Crippen LogP contribution < -0.4 is 5.32 Å². The summed E-state index contributed by atoms with van der Waals surface area (Å²) < 4.78 is 0. The van der Waals surface area contributed by atoms with Crippen molar-refractivity contribution in [3.8, 4) is 0 Å². The van der Waals surface area contributed by atoms with Gasteiger partial charge in [-0.3, -0.25) is 9.80 Å². The van der Waals surface area contributed by atoms with Crippen LogP contribution in [0.15, 0.2) is 54.7 Å². The molecule has 1 saturated heterocycles. The molecule has 1 saturated carbocycles. The highest BCUT2D eigenvalue weighted by Crippen LogP contribution is 2.27. The fourth-order valence-electron chi connectivity index (χ4n) is 4.28. The molecule has 0 amide bonds. The number of hydrogen-bond acceptors (Lipinski definition) is 4. The highest BCUT2D eigenvalue weighted by atomic mass is 15.3. The minimum Gasteiger partial charge on any atom is -0.366 e. The van der Waals surface area contributed by atoms with E-state index in [4.69, 9.17) is 0 Å². The molecule has 2 aliphatic rings. The predicted molar refractivity (Wildman–Crippen MR) is 103 cm³/mol. The minimum absolute atomic E-state index is 0.538. The van der Waals surface area contributed by atoms with Crippen molar-refractivity contribution < 1.29 is 0 Å². The summed E-state index contributed by atoms with van der Waals surface area (Å²) in [6, 6.07) is 18.1. The maximum atomic E-state index is 4.44. The Balaban J connectivity index is 1.30. The van der Waals surface area contributed by atoms with Gasteiger partial charge in [0.15, 0.2) is 0 Å². The van der Waals surface area contributed by atoms with Crippen LogP contribution in [0.1, 0.15) is 24.8 Å². The maximum absolute atomic E-state index is 4.44. The Kier molecular flexibility index (Phi) is 5.28. The summed E-state index contributed by atoms with van der Waals surface area (Å²) in [5.74, 6) is 1.02. The van der Waals surface area contributed by atoms with Gasteiger partial charge in [0, 0.05) is 51.0 Å². The zero-order chi connectivity index (χ0) is 16.9. The van der Waals surface area contributed by atoms with Gasteiger partial charge in [0.2, 0.25) is 0 Å². The number of pyridine rings is 1. The largest absolute Gasteiger partial charge is 0.366 e. The second kappa shape index (κ2) is 7.98. The van der Waals surface area contributed by atoms with Gasteiger partial charge in [0.25, 0.3) is 0 Å². The molecular weight excluding hydrogens is 308 g/mol. The first kappa shape index (κ1) is 16.6. The Morgan fingerprint density at radius 3 is 2.48 bits per heavy atom. The van der Waals surface area contributed by atoms with Crippen molar-refractivity contribution in [1.29, 1.82) is 0 Å². The number of aromatic nitrogens is 1. The number of hydrogen-bond donors (Lipinski definition) is 1. The molecule has 1 aliphatic heterocycles. The number of benzene rings is 1. The van der Waals surface area contributed by atoms with Crippen molar-refractivity contribution >= 4 is 5.82 Å². The van der Waals surface area contributed by atoms with E-state index < -0.39 is 0 Å². The molecule has 4 nitrogen and oxygen atoms in total. The van der Waals surface area contributed by atoms with E-state index >= 15 is 0 Å². The third-order valence-electron chi connectivity index (χ3n) is 5.60. The van der Waals surface area contributed by atoms with Crippen LogP contribution in [-0.4, -0.2) is 53.0 Å². The van der Waals surface area contributed by atoms with Crippen LogP contribution in [0.2, 0.25) is 0 Å². The molecule has 1 aliphatic carbocycles. The lowest BCUT2D eigenvalue weighted by Crippen LogP contribution is -2.53. The van der Waals surface area contributed by atoms with Crippen molar-refractivity contribution in [3.63, 3.8) is 0 Å². The van der Waals surface area contributed by atoms with Crippen LogP contribution in [0, 0.1) is 0 Å². The third-order valence-corrected chi connectivity index (χ3v) is 5.60. The number of rotatable bonds is 5. The molecule has 2 heterocycles. The van der Waals surface area contributed by atoms with Crippen molar-refractivity contribution in [3.05, 3.63) is 60.3 Å². The summed E-state index contributed by atoms with van der Waals surface area (Å²) in [5.41, 5.74) is 1.42. The molecule has 2 aromatic rings.